The molecule has 2 aromatic rings. The molecule has 34 heavy (non-hydrogen) atoms. The molecule has 0 aliphatic carbocycles. The lowest BCUT2D eigenvalue weighted by Crippen LogP contribution is -2.29. The lowest BCUT2D eigenvalue weighted by atomic mass is 9.97. The molecule has 182 valence electrons. The van der Waals surface area contributed by atoms with E-state index in [4.69, 9.17) is 19.1 Å². The summed E-state index contributed by atoms with van der Waals surface area (Å²) in [7, 11) is 4.51. The van der Waals surface area contributed by atoms with Gasteiger partial charge >= 0.3 is 0 Å². The van der Waals surface area contributed by atoms with Gasteiger partial charge in [0.1, 0.15) is 26.4 Å². The Kier molecular flexibility index (Phi) is 8.15. The molecule has 1 N–H and O–H groups in total. The zero-order valence-corrected chi connectivity index (χ0v) is 20.7. The number of oxime groups is 2. The van der Waals surface area contributed by atoms with Crippen molar-refractivity contribution in [3.05, 3.63) is 58.7 Å². The van der Waals surface area contributed by atoms with Gasteiger partial charge in [-0.1, -0.05) is 47.9 Å². The molecule has 0 spiro atoms. The van der Waals surface area contributed by atoms with Crippen LogP contribution in [0.1, 0.15) is 55.9 Å². The Bertz CT molecular complexity index is 1090. The van der Waals surface area contributed by atoms with Crippen molar-refractivity contribution in [1.29, 1.82) is 0 Å². The second-order valence-electron chi connectivity index (χ2n) is 8.62. The fourth-order valence-electron chi connectivity index (χ4n) is 4.00. The number of nitrogens with zero attached hydrogens (tertiary/aromatic N) is 2. The third-order valence-electron chi connectivity index (χ3n) is 5.43. The molecule has 0 fully saturated rings. The molecule has 0 aromatic heterocycles. The van der Waals surface area contributed by atoms with Crippen LogP contribution in [0.2, 0.25) is 0 Å². The van der Waals surface area contributed by atoms with Crippen LogP contribution in [0.3, 0.4) is 0 Å². The largest absolute Gasteiger partial charge is 0.485 e. The van der Waals surface area contributed by atoms with Crippen molar-refractivity contribution >= 4 is 17.3 Å². The minimum atomic E-state index is -0.345. The van der Waals surface area contributed by atoms with Gasteiger partial charge < -0.3 is 24.5 Å². The number of likely N-dealkylation sites (N-methyl/N-ethyl adjacent to an activating group) is 1. The van der Waals surface area contributed by atoms with Gasteiger partial charge in [0.05, 0.1) is 5.71 Å². The van der Waals surface area contributed by atoms with Gasteiger partial charge in [0.15, 0.2) is 17.2 Å². The van der Waals surface area contributed by atoms with E-state index in [0.717, 1.165) is 47.4 Å². The van der Waals surface area contributed by atoms with Crippen molar-refractivity contribution in [1.82, 2.24) is 5.32 Å². The maximum absolute atomic E-state index is 12.4. The van der Waals surface area contributed by atoms with Crippen molar-refractivity contribution in [3.8, 4) is 11.5 Å². The Labute approximate surface area is 200 Å². The van der Waals surface area contributed by atoms with E-state index in [1.165, 1.54) is 7.11 Å². The van der Waals surface area contributed by atoms with Crippen LogP contribution in [-0.2, 0) is 27.5 Å². The van der Waals surface area contributed by atoms with Crippen LogP contribution in [0.4, 0.5) is 0 Å². The van der Waals surface area contributed by atoms with Crippen LogP contribution < -0.4 is 14.8 Å². The van der Waals surface area contributed by atoms with E-state index in [2.05, 4.69) is 42.5 Å². The monoisotopic (exact) mass is 467 g/mol. The Morgan fingerprint density at radius 1 is 1.15 bits per heavy atom. The number of nitrogens with one attached hydrogen (secondary N) is 1. The minimum Gasteiger partial charge on any atom is -0.485 e. The van der Waals surface area contributed by atoms with Crippen molar-refractivity contribution in [2.24, 2.45) is 10.3 Å². The molecule has 2 aromatic carbocycles. The number of amides is 1. The van der Waals surface area contributed by atoms with E-state index < -0.39 is 0 Å². The second kappa shape index (κ2) is 11.0. The van der Waals surface area contributed by atoms with Gasteiger partial charge in [0, 0.05) is 30.2 Å². The lowest BCUT2D eigenvalue weighted by molar-refractivity contribution is -0.114. The van der Waals surface area contributed by atoms with Gasteiger partial charge in [-0.2, -0.15) is 0 Å². The van der Waals surface area contributed by atoms with Crippen LogP contribution in [0.25, 0.3) is 0 Å². The standard InChI is InChI=1S/C26H33N3O5/c1-7-10-21(28-31-5)18-13-19-15-26(2,3)34-24(19)22(14-18)33-16-17-11-8-9-12-20(17)23(29-32-6)25(30)27-4/h8-9,11-14H,7,10,15-16H2,1-6H3,(H,27,30)/b28-21+,29-23+. The van der Waals surface area contributed by atoms with Crippen molar-refractivity contribution in [2.75, 3.05) is 21.3 Å². The number of benzene rings is 2. The number of carbonyl (C=O) groups excluding carboxylic acids is 1. The van der Waals surface area contributed by atoms with Crippen molar-refractivity contribution in [2.45, 2.75) is 52.2 Å². The van der Waals surface area contributed by atoms with Crippen molar-refractivity contribution in [3.63, 3.8) is 0 Å². The molecule has 0 atom stereocenters. The maximum Gasteiger partial charge on any atom is 0.273 e. The summed E-state index contributed by atoms with van der Waals surface area (Å²) in [5.74, 6) is 1.01. The molecule has 1 heterocycles. The topological polar surface area (TPSA) is 90.7 Å². The van der Waals surface area contributed by atoms with E-state index in [0.29, 0.717) is 11.3 Å². The summed E-state index contributed by atoms with van der Waals surface area (Å²) in [6, 6.07) is 11.5. The fourth-order valence-corrected chi connectivity index (χ4v) is 4.00. The number of hydrogen-bond acceptors (Lipinski definition) is 7. The number of carbonyl (C=O) groups is 1. The smallest absolute Gasteiger partial charge is 0.273 e. The molecule has 1 amide bonds. The molecule has 0 bridgehead atoms. The third-order valence-corrected chi connectivity index (χ3v) is 5.43. The van der Waals surface area contributed by atoms with Crippen LogP contribution in [-0.4, -0.2) is 44.2 Å². The summed E-state index contributed by atoms with van der Waals surface area (Å²) in [5, 5.41) is 10.8. The first-order chi connectivity index (χ1) is 16.3. The van der Waals surface area contributed by atoms with Crippen LogP contribution in [0.5, 0.6) is 11.5 Å². The Morgan fingerprint density at radius 2 is 1.88 bits per heavy atom. The molecule has 0 radical (unpaired) electrons. The maximum atomic E-state index is 12.4. The van der Waals surface area contributed by atoms with Gasteiger partial charge in [-0.15, -0.1) is 0 Å². The average Bonchev–Trinajstić information content (AvgIpc) is 3.14. The van der Waals surface area contributed by atoms with E-state index >= 15 is 0 Å². The zero-order valence-electron chi connectivity index (χ0n) is 20.7. The van der Waals surface area contributed by atoms with Crippen LogP contribution in [0.15, 0.2) is 46.7 Å². The SMILES string of the molecule is CCC/C(=N\OC)c1cc2c(c(OCc3ccccc3/C(=N\OC)C(=O)NC)c1)OC(C)(C)C2. The van der Waals surface area contributed by atoms with Gasteiger partial charge in [-0.25, -0.2) is 0 Å². The highest BCUT2D eigenvalue weighted by molar-refractivity contribution is 6.45. The summed E-state index contributed by atoms with van der Waals surface area (Å²) in [5.41, 5.74) is 4.13. The zero-order chi connectivity index (χ0) is 24.7. The van der Waals surface area contributed by atoms with E-state index in [1.807, 2.05) is 30.3 Å². The van der Waals surface area contributed by atoms with Gasteiger partial charge in [-0.3, -0.25) is 4.79 Å². The molecule has 1 aliphatic heterocycles. The van der Waals surface area contributed by atoms with Crippen molar-refractivity contribution < 1.29 is 23.9 Å². The molecule has 0 saturated carbocycles. The Balaban J connectivity index is 1.99. The number of hydrogen-bond donors (Lipinski definition) is 1. The highest BCUT2D eigenvalue weighted by Gasteiger charge is 2.33. The molecular formula is C26H33N3O5. The first-order valence-electron chi connectivity index (χ1n) is 11.3. The summed E-state index contributed by atoms with van der Waals surface area (Å²) in [6.07, 6.45) is 2.48. The second-order valence-corrected chi connectivity index (χ2v) is 8.62. The first-order valence-corrected chi connectivity index (χ1v) is 11.3. The molecule has 8 nitrogen and oxygen atoms in total. The molecule has 0 unspecified atom stereocenters. The summed E-state index contributed by atoms with van der Waals surface area (Å²) in [6.45, 7) is 6.42. The highest BCUT2D eigenvalue weighted by Crippen LogP contribution is 2.43. The van der Waals surface area contributed by atoms with Gasteiger partial charge in [0.25, 0.3) is 5.91 Å². The quantitative estimate of drug-likeness (QED) is 0.417. The van der Waals surface area contributed by atoms with Gasteiger partial charge in [0.2, 0.25) is 0 Å². The molecule has 1 aliphatic rings. The van der Waals surface area contributed by atoms with Crippen LogP contribution in [0, 0.1) is 0 Å². The average molecular weight is 468 g/mol. The van der Waals surface area contributed by atoms with E-state index in [1.54, 1.807) is 14.2 Å². The number of rotatable bonds is 10. The molecular weight excluding hydrogens is 434 g/mol. The normalized spacial score (nSPS) is 14.8. The number of ether oxygens (including phenoxy) is 2. The van der Waals surface area contributed by atoms with E-state index in [-0.39, 0.29) is 23.8 Å². The summed E-state index contributed by atoms with van der Waals surface area (Å²) >= 11 is 0. The Hall–Kier alpha value is -3.55. The fraction of sp³-hybridized carbons (Fsp3) is 0.423. The van der Waals surface area contributed by atoms with E-state index in [9.17, 15) is 4.79 Å². The summed E-state index contributed by atoms with van der Waals surface area (Å²) < 4.78 is 12.5. The van der Waals surface area contributed by atoms with Gasteiger partial charge in [-0.05, 0) is 38.0 Å². The molecule has 0 saturated heterocycles. The minimum absolute atomic E-state index is 0.179. The summed E-state index contributed by atoms with van der Waals surface area (Å²) in [4.78, 5) is 22.4. The third kappa shape index (κ3) is 5.68. The lowest BCUT2D eigenvalue weighted by Gasteiger charge is -2.19. The Morgan fingerprint density at radius 3 is 2.56 bits per heavy atom. The molecule has 8 heteroatoms. The predicted molar refractivity (Wildman–Crippen MR) is 132 cm³/mol. The first kappa shape index (κ1) is 25.1. The molecule has 3 rings (SSSR count). The van der Waals surface area contributed by atoms with Crippen LogP contribution >= 0.6 is 0 Å². The highest BCUT2D eigenvalue weighted by atomic mass is 16.6. The number of fused-ring (bicyclic) bond motifs is 1. The predicted octanol–water partition coefficient (Wildman–Crippen LogP) is 4.23.